The van der Waals surface area contributed by atoms with Crippen molar-refractivity contribution in [2.24, 2.45) is 0 Å². The molecule has 1 rings (SSSR count). The third-order valence-corrected chi connectivity index (χ3v) is 2.58. The lowest BCUT2D eigenvalue weighted by Gasteiger charge is -2.07. The monoisotopic (exact) mass is 261 g/mol. The van der Waals surface area contributed by atoms with Crippen LogP contribution in [0.3, 0.4) is 0 Å². The fraction of sp³-hybridized carbons (Fsp3) is 0.333. The van der Waals surface area contributed by atoms with Gasteiger partial charge in [-0.25, -0.2) is 0 Å². The van der Waals surface area contributed by atoms with Crippen molar-refractivity contribution in [3.63, 3.8) is 0 Å². The molecule has 0 radical (unpaired) electrons. The normalized spacial score (nSPS) is 10.5. The summed E-state index contributed by atoms with van der Waals surface area (Å²) in [5.41, 5.74) is 7.84. The summed E-state index contributed by atoms with van der Waals surface area (Å²) in [7, 11) is 0. The zero-order valence-electron chi connectivity index (χ0n) is 6.76. The van der Waals surface area contributed by atoms with Crippen molar-refractivity contribution in [1.29, 1.82) is 0 Å². The number of rotatable bonds is 1. The minimum Gasteiger partial charge on any atom is -0.399 e. The molecular formula is C9H12IN. The highest BCUT2D eigenvalue weighted by Gasteiger charge is 2.03. The highest BCUT2D eigenvalue weighted by Crippen LogP contribution is 2.22. The van der Waals surface area contributed by atoms with Crippen molar-refractivity contribution in [2.45, 2.75) is 19.8 Å². The lowest BCUT2D eigenvalue weighted by molar-refractivity contribution is 0.860. The second kappa shape index (κ2) is 3.43. The van der Waals surface area contributed by atoms with E-state index in [1.165, 1.54) is 9.13 Å². The van der Waals surface area contributed by atoms with Gasteiger partial charge in [0.2, 0.25) is 0 Å². The highest BCUT2D eigenvalue weighted by molar-refractivity contribution is 14.1. The van der Waals surface area contributed by atoms with Gasteiger partial charge in [-0.3, -0.25) is 0 Å². The first-order valence-electron chi connectivity index (χ1n) is 3.66. The maximum Gasteiger partial charge on any atom is 0.0324 e. The van der Waals surface area contributed by atoms with E-state index in [1.54, 1.807) is 0 Å². The molecule has 2 N–H and O–H groups in total. The SMILES string of the molecule is CC(C)c1ccc(N)cc1I. The van der Waals surface area contributed by atoms with Crippen molar-refractivity contribution in [3.8, 4) is 0 Å². The van der Waals surface area contributed by atoms with E-state index < -0.39 is 0 Å². The third-order valence-electron chi connectivity index (χ3n) is 1.65. The van der Waals surface area contributed by atoms with Crippen LogP contribution in [0.2, 0.25) is 0 Å². The van der Waals surface area contributed by atoms with Crippen LogP contribution in [0.4, 0.5) is 5.69 Å². The predicted octanol–water partition coefficient (Wildman–Crippen LogP) is 3.00. The van der Waals surface area contributed by atoms with Crippen molar-refractivity contribution < 1.29 is 0 Å². The second-order valence-electron chi connectivity index (χ2n) is 2.94. The molecule has 0 aliphatic rings. The van der Waals surface area contributed by atoms with Crippen molar-refractivity contribution >= 4 is 28.3 Å². The van der Waals surface area contributed by atoms with Gasteiger partial charge in [0.1, 0.15) is 0 Å². The van der Waals surface area contributed by atoms with Gasteiger partial charge < -0.3 is 5.73 Å². The number of nitrogen functional groups attached to an aromatic ring is 1. The van der Waals surface area contributed by atoms with Gasteiger partial charge in [-0.2, -0.15) is 0 Å². The van der Waals surface area contributed by atoms with Crippen molar-refractivity contribution in [3.05, 3.63) is 27.3 Å². The van der Waals surface area contributed by atoms with Gasteiger partial charge in [0.05, 0.1) is 0 Å². The minimum atomic E-state index is 0.586. The van der Waals surface area contributed by atoms with Gasteiger partial charge in [-0.15, -0.1) is 0 Å². The molecular weight excluding hydrogens is 249 g/mol. The molecule has 1 aromatic carbocycles. The molecule has 0 saturated carbocycles. The van der Waals surface area contributed by atoms with E-state index >= 15 is 0 Å². The number of benzene rings is 1. The van der Waals surface area contributed by atoms with Crippen LogP contribution in [0.1, 0.15) is 25.3 Å². The molecule has 0 saturated heterocycles. The van der Waals surface area contributed by atoms with Crippen molar-refractivity contribution in [2.75, 3.05) is 5.73 Å². The topological polar surface area (TPSA) is 26.0 Å². The quantitative estimate of drug-likeness (QED) is 0.610. The number of hydrogen-bond donors (Lipinski definition) is 1. The van der Waals surface area contributed by atoms with Crippen LogP contribution in [0, 0.1) is 3.57 Å². The van der Waals surface area contributed by atoms with E-state index in [1.807, 2.05) is 12.1 Å². The molecule has 0 unspecified atom stereocenters. The first-order valence-corrected chi connectivity index (χ1v) is 4.74. The summed E-state index contributed by atoms with van der Waals surface area (Å²) in [4.78, 5) is 0. The van der Waals surface area contributed by atoms with Gasteiger partial charge in [0, 0.05) is 9.26 Å². The van der Waals surface area contributed by atoms with Gasteiger partial charge in [-0.05, 0) is 46.2 Å². The molecule has 0 bridgehead atoms. The van der Waals surface area contributed by atoms with Crippen LogP contribution in [-0.2, 0) is 0 Å². The van der Waals surface area contributed by atoms with Crippen LogP contribution in [0.25, 0.3) is 0 Å². The summed E-state index contributed by atoms with van der Waals surface area (Å²) in [6, 6.07) is 6.06. The van der Waals surface area contributed by atoms with Crippen LogP contribution < -0.4 is 5.73 Å². The Morgan fingerprint density at radius 3 is 2.45 bits per heavy atom. The van der Waals surface area contributed by atoms with Gasteiger partial charge in [0.25, 0.3) is 0 Å². The van der Waals surface area contributed by atoms with E-state index in [0.717, 1.165) is 5.69 Å². The molecule has 11 heavy (non-hydrogen) atoms. The minimum absolute atomic E-state index is 0.586. The van der Waals surface area contributed by atoms with Crippen LogP contribution >= 0.6 is 22.6 Å². The highest BCUT2D eigenvalue weighted by atomic mass is 127. The Kier molecular flexibility index (Phi) is 2.76. The summed E-state index contributed by atoms with van der Waals surface area (Å²) in [5, 5.41) is 0. The first-order chi connectivity index (χ1) is 5.11. The number of anilines is 1. The molecule has 0 aliphatic carbocycles. The van der Waals surface area contributed by atoms with E-state index in [0.29, 0.717) is 5.92 Å². The summed E-state index contributed by atoms with van der Waals surface area (Å²) in [5.74, 6) is 0.586. The average Bonchev–Trinajstić information content (AvgIpc) is 1.85. The Hall–Kier alpha value is -0.250. The summed E-state index contributed by atoms with van der Waals surface area (Å²) < 4.78 is 1.26. The van der Waals surface area contributed by atoms with E-state index in [2.05, 4.69) is 42.5 Å². The number of halogens is 1. The largest absolute Gasteiger partial charge is 0.399 e. The van der Waals surface area contributed by atoms with Crippen LogP contribution in [0.5, 0.6) is 0 Å². The number of hydrogen-bond acceptors (Lipinski definition) is 1. The van der Waals surface area contributed by atoms with Gasteiger partial charge in [0.15, 0.2) is 0 Å². The molecule has 1 aromatic rings. The molecule has 0 fully saturated rings. The lowest BCUT2D eigenvalue weighted by Crippen LogP contribution is -1.93. The number of nitrogens with two attached hydrogens (primary N) is 1. The van der Waals surface area contributed by atoms with Crippen LogP contribution in [0.15, 0.2) is 18.2 Å². The molecule has 0 aromatic heterocycles. The predicted molar refractivity (Wildman–Crippen MR) is 57.7 cm³/mol. The molecule has 0 heterocycles. The molecule has 0 amide bonds. The van der Waals surface area contributed by atoms with E-state index in [4.69, 9.17) is 5.73 Å². The summed E-state index contributed by atoms with van der Waals surface area (Å²) in [6.07, 6.45) is 0. The Morgan fingerprint density at radius 2 is 2.00 bits per heavy atom. The summed E-state index contributed by atoms with van der Waals surface area (Å²) >= 11 is 2.32. The average molecular weight is 261 g/mol. The lowest BCUT2D eigenvalue weighted by atomic mass is 10.0. The standard InChI is InChI=1S/C9H12IN/c1-6(2)8-4-3-7(11)5-9(8)10/h3-6H,11H2,1-2H3. The molecule has 0 aliphatic heterocycles. The zero-order chi connectivity index (χ0) is 8.43. The maximum absolute atomic E-state index is 5.62. The second-order valence-corrected chi connectivity index (χ2v) is 4.10. The van der Waals surface area contributed by atoms with Gasteiger partial charge >= 0.3 is 0 Å². The first kappa shape index (κ1) is 8.84. The fourth-order valence-electron chi connectivity index (χ4n) is 1.01. The smallest absolute Gasteiger partial charge is 0.0324 e. The Labute approximate surface area is 81.1 Å². The Bertz CT molecular complexity index is 256. The van der Waals surface area contributed by atoms with Gasteiger partial charge in [-0.1, -0.05) is 19.9 Å². The van der Waals surface area contributed by atoms with Crippen LogP contribution in [-0.4, -0.2) is 0 Å². The Balaban J connectivity index is 3.09. The molecule has 1 nitrogen and oxygen atoms in total. The Morgan fingerprint density at radius 1 is 1.36 bits per heavy atom. The van der Waals surface area contributed by atoms with Crippen molar-refractivity contribution in [1.82, 2.24) is 0 Å². The fourth-order valence-corrected chi connectivity index (χ4v) is 2.17. The van der Waals surface area contributed by atoms with E-state index in [9.17, 15) is 0 Å². The van der Waals surface area contributed by atoms with E-state index in [-0.39, 0.29) is 0 Å². The zero-order valence-corrected chi connectivity index (χ0v) is 8.92. The molecule has 60 valence electrons. The maximum atomic E-state index is 5.62. The molecule has 0 atom stereocenters. The molecule has 0 spiro atoms. The molecule has 2 heteroatoms. The summed E-state index contributed by atoms with van der Waals surface area (Å²) in [6.45, 7) is 4.38. The third kappa shape index (κ3) is 2.09.